The van der Waals surface area contributed by atoms with E-state index in [4.69, 9.17) is 16.1 Å². The van der Waals surface area contributed by atoms with E-state index in [1.54, 1.807) is 24.3 Å². The van der Waals surface area contributed by atoms with E-state index >= 15 is 8.78 Å². The van der Waals surface area contributed by atoms with Crippen LogP contribution in [0.5, 0.6) is 11.8 Å². The van der Waals surface area contributed by atoms with E-state index < -0.39 is 11.6 Å². The Morgan fingerprint density at radius 2 is 1.77 bits per heavy atom. The lowest BCUT2D eigenvalue weighted by molar-refractivity contribution is 0.0517. The third-order valence-electron chi connectivity index (χ3n) is 11.5. The van der Waals surface area contributed by atoms with Crippen LogP contribution >= 0.6 is 0 Å². The average Bonchev–Trinajstić information content (AvgIpc) is 3.70. The van der Waals surface area contributed by atoms with Crippen LogP contribution in [0.25, 0.3) is 32.8 Å². The first-order valence-corrected chi connectivity index (χ1v) is 17.3. The molecule has 1 aliphatic carbocycles. The maximum Gasteiger partial charge on any atom is 0.319 e. The number of aromatic hydroxyl groups is 1. The second-order valence-corrected chi connectivity index (χ2v) is 14.9. The molecule has 0 amide bonds. The molecule has 0 spiro atoms. The summed E-state index contributed by atoms with van der Waals surface area (Å²) < 4.78 is 39.7. The molecule has 4 bridgehead atoms. The molecular formula is C38H40F2N6O2. The molecule has 3 aromatic carbocycles. The van der Waals surface area contributed by atoms with E-state index in [-0.39, 0.29) is 33.8 Å². The molecule has 9 rings (SSSR count). The Hall–Kier alpha value is -4.04. The summed E-state index contributed by atoms with van der Waals surface area (Å²) in [5.41, 5.74) is 0.396. The minimum absolute atomic E-state index is 0.00563. The average molecular weight is 651 g/mol. The van der Waals surface area contributed by atoms with Gasteiger partial charge in [0, 0.05) is 84.2 Å². The first-order valence-electron chi connectivity index (χ1n) is 17.3. The number of benzene rings is 3. The monoisotopic (exact) mass is 650 g/mol. The normalized spacial score (nSPS) is 26.3. The molecule has 2 N–H and O–H groups in total. The number of piperazine rings is 2. The van der Waals surface area contributed by atoms with Crippen LogP contribution < -0.4 is 15.0 Å². The molecule has 1 saturated carbocycles. The predicted molar refractivity (Wildman–Crippen MR) is 182 cm³/mol. The van der Waals surface area contributed by atoms with Crippen LogP contribution in [0.2, 0.25) is 0 Å². The van der Waals surface area contributed by atoms with E-state index in [0.717, 1.165) is 45.3 Å². The number of hydrogen-bond acceptors (Lipinski definition) is 8. The number of halogens is 2. The van der Waals surface area contributed by atoms with Crippen molar-refractivity contribution in [2.45, 2.75) is 62.7 Å². The van der Waals surface area contributed by atoms with Gasteiger partial charge in [-0.05, 0) is 75.2 Å². The topological polar surface area (TPSA) is 77.0 Å². The maximum absolute atomic E-state index is 17.0. The molecule has 4 atom stereocenters. The third kappa shape index (κ3) is 5.06. The maximum atomic E-state index is 17.0. The molecule has 4 saturated heterocycles. The smallest absolute Gasteiger partial charge is 0.319 e. The van der Waals surface area contributed by atoms with E-state index in [2.05, 4.69) is 38.0 Å². The summed E-state index contributed by atoms with van der Waals surface area (Å²) in [6, 6.07) is 11.4. The highest BCUT2D eigenvalue weighted by Gasteiger charge is 2.50. The molecule has 8 nitrogen and oxygen atoms in total. The van der Waals surface area contributed by atoms with Crippen LogP contribution in [0.1, 0.15) is 44.1 Å². The summed E-state index contributed by atoms with van der Waals surface area (Å²) in [4.78, 5) is 16.8. The molecule has 1 aromatic heterocycles. The van der Waals surface area contributed by atoms with Gasteiger partial charge in [-0.3, -0.25) is 4.90 Å². The number of aromatic nitrogens is 2. The van der Waals surface area contributed by atoms with Crippen LogP contribution in [0.4, 0.5) is 14.6 Å². The van der Waals surface area contributed by atoms with Crippen molar-refractivity contribution in [3.05, 3.63) is 53.6 Å². The molecule has 4 aromatic rings. The van der Waals surface area contributed by atoms with Gasteiger partial charge < -0.3 is 25.0 Å². The van der Waals surface area contributed by atoms with Gasteiger partial charge in [-0.2, -0.15) is 9.97 Å². The van der Waals surface area contributed by atoms with Crippen molar-refractivity contribution in [1.82, 2.24) is 25.1 Å². The van der Waals surface area contributed by atoms with Gasteiger partial charge in [0.15, 0.2) is 5.82 Å². The number of phenolic OH excluding ortho intramolecular Hbond substituents is 1. The summed E-state index contributed by atoms with van der Waals surface area (Å²) in [5, 5.41) is 15.6. The van der Waals surface area contributed by atoms with Crippen LogP contribution in [0, 0.1) is 29.4 Å². The van der Waals surface area contributed by atoms with Crippen LogP contribution in [0.15, 0.2) is 36.4 Å². The van der Waals surface area contributed by atoms with Crippen molar-refractivity contribution in [1.29, 1.82) is 0 Å². The van der Waals surface area contributed by atoms with Gasteiger partial charge in [0.25, 0.3) is 0 Å². The fourth-order valence-corrected chi connectivity index (χ4v) is 9.00. The lowest BCUT2D eigenvalue weighted by Crippen LogP contribution is -2.54. The number of nitrogens with zero attached hydrogens (tertiary/aromatic N) is 5. The number of anilines is 1. The van der Waals surface area contributed by atoms with E-state index in [1.807, 2.05) is 0 Å². The van der Waals surface area contributed by atoms with Crippen molar-refractivity contribution < 1.29 is 18.6 Å². The summed E-state index contributed by atoms with van der Waals surface area (Å²) in [6.45, 7) is 5.02. The number of phenols is 1. The van der Waals surface area contributed by atoms with E-state index in [0.29, 0.717) is 71.4 Å². The number of ether oxygens (including phenoxy) is 1. The van der Waals surface area contributed by atoms with Gasteiger partial charge in [0.05, 0.1) is 12.2 Å². The third-order valence-corrected chi connectivity index (χ3v) is 11.5. The summed E-state index contributed by atoms with van der Waals surface area (Å²) in [5.74, 6) is 1.42. The molecule has 5 aliphatic rings. The second kappa shape index (κ2) is 11.3. The molecule has 4 aliphatic heterocycles. The Kier molecular flexibility index (Phi) is 7.05. The summed E-state index contributed by atoms with van der Waals surface area (Å²) in [6.07, 6.45) is 12.6. The van der Waals surface area contributed by atoms with Gasteiger partial charge in [-0.15, -0.1) is 6.42 Å². The van der Waals surface area contributed by atoms with Crippen molar-refractivity contribution in [3.8, 4) is 35.2 Å². The fraction of sp³-hybridized carbons (Fsp3) is 0.474. The van der Waals surface area contributed by atoms with E-state index in [9.17, 15) is 5.11 Å². The molecule has 10 heteroatoms. The lowest BCUT2D eigenvalue weighted by Gasteiger charge is -2.41. The second-order valence-electron chi connectivity index (χ2n) is 14.9. The Morgan fingerprint density at radius 1 is 1.02 bits per heavy atom. The zero-order chi connectivity index (χ0) is 32.7. The molecule has 5 fully saturated rings. The quantitative estimate of drug-likeness (QED) is 0.262. The number of rotatable bonds is 7. The molecule has 5 heterocycles. The highest BCUT2D eigenvalue weighted by Crippen LogP contribution is 2.49. The zero-order valence-electron chi connectivity index (χ0n) is 27.2. The number of likely N-dealkylation sites (tertiary alicyclic amines) is 1. The molecule has 4 unspecified atom stereocenters. The predicted octanol–water partition coefficient (Wildman–Crippen LogP) is 5.29. The van der Waals surface area contributed by atoms with Crippen LogP contribution in [-0.4, -0.2) is 95.4 Å². The van der Waals surface area contributed by atoms with Gasteiger partial charge in [-0.1, -0.05) is 18.1 Å². The summed E-state index contributed by atoms with van der Waals surface area (Å²) >= 11 is 0. The number of nitrogens with one attached hydrogen (secondary N) is 1. The van der Waals surface area contributed by atoms with E-state index in [1.165, 1.54) is 25.0 Å². The molecule has 48 heavy (non-hydrogen) atoms. The first-order chi connectivity index (χ1) is 23.3. The molecule has 0 radical (unpaired) electrons. The van der Waals surface area contributed by atoms with Gasteiger partial charge >= 0.3 is 6.01 Å². The number of fused-ring (bicyclic) bond motifs is 6. The van der Waals surface area contributed by atoms with Crippen molar-refractivity contribution in [3.63, 3.8) is 0 Å². The van der Waals surface area contributed by atoms with Gasteiger partial charge in [0.1, 0.15) is 22.9 Å². The first kappa shape index (κ1) is 30.1. The van der Waals surface area contributed by atoms with Crippen molar-refractivity contribution in [2.75, 3.05) is 51.3 Å². The van der Waals surface area contributed by atoms with Crippen LogP contribution in [0.3, 0.4) is 0 Å². The fourth-order valence-electron chi connectivity index (χ4n) is 9.00. The van der Waals surface area contributed by atoms with Gasteiger partial charge in [-0.25, -0.2) is 8.78 Å². The number of likely N-dealkylation sites (N-methyl/N-ethyl adjacent to an activating group) is 1. The highest BCUT2D eigenvalue weighted by molar-refractivity contribution is 6.04. The number of hydrogen-bond donors (Lipinski definition) is 2. The number of terminal acetylenes is 1. The molecular weight excluding hydrogens is 610 g/mol. The van der Waals surface area contributed by atoms with Crippen molar-refractivity contribution >= 4 is 27.5 Å². The minimum Gasteiger partial charge on any atom is -0.508 e. The SMILES string of the molecule is C#Cc1cccc2cc(O)cc(-c3c(F)cc4c(N5CC6CCC(C5)N6)nc(OCC5(CN6C7CCC6CN(C)C7)CC5)nc4c3F)c12. The Bertz CT molecular complexity index is 1970. The Morgan fingerprint density at radius 3 is 2.48 bits per heavy atom. The Balaban J connectivity index is 1.12. The van der Waals surface area contributed by atoms with Crippen molar-refractivity contribution in [2.24, 2.45) is 5.41 Å². The van der Waals surface area contributed by atoms with Gasteiger partial charge in [0.2, 0.25) is 0 Å². The Labute approximate surface area is 279 Å². The van der Waals surface area contributed by atoms with Crippen LogP contribution in [-0.2, 0) is 0 Å². The highest BCUT2D eigenvalue weighted by atomic mass is 19.1. The zero-order valence-corrected chi connectivity index (χ0v) is 27.2. The minimum atomic E-state index is -0.828. The molecule has 248 valence electrons. The summed E-state index contributed by atoms with van der Waals surface area (Å²) in [7, 11) is 2.21. The standard InChI is InChI=1S/C38H40F2N6O2/c1-3-22-5-4-6-23-13-28(47)14-29(32(22)23)33-31(39)15-30-35(34(33)40)42-37(43-36(30)45-16-24-7-8-25(17-45)41-24)48-21-38(11-12-38)20-46-26-9-10-27(46)19-44(2)18-26/h1,4-6,13-15,24-27,41,47H,7-12,16-21H2,2H3. The lowest BCUT2D eigenvalue weighted by atomic mass is 9.93. The largest absolute Gasteiger partial charge is 0.508 e.